The maximum Gasteiger partial charge on any atom is 0.237 e. The fourth-order valence-electron chi connectivity index (χ4n) is 2.49. The van der Waals surface area contributed by atoms with Gasteiger partial charge >= 0.3 is 0 Å². The zero-order valence-electron chi connectivity index (χ0n) is 11.8. The Morgan fingerprint density at radius 2 is 2.26 bits per heavy atom. The van der Waals surface area contributed by atoms with E-state index in [2.05, 4.69) is 23.2 Å². The molecule has 1 heterocycles. The topological polar surface area (TPSA) is 58.4 Å². The molecular weight excluding hydrogens is 238 g/mol. The van der Waals surface area contributed by atoms with Gasteiger partial charge in [0.1, 0.15) is 0 Å². The average molecular weight is 261 g/mol. The predicted octanol–water partition coefficient (Wildman–Crippen LogP) is 1.54. The smallest absolute Gasteiger partial charge is 0.237 e. The molecule has 1 aromatic carbocycles. The number of nitrogen functional groups attached to an aromatic ring is 1. The van der Waals surface area contributed by atoms with E-state index in [1.165, 1.54) is 11.1 Å². The van der Waals surface area contributed by atoms with Gasteiger partial charge in [-0.2, -0.15) is 0 Å². The Morgan fingerprint density at radius 1 is 1.47 bits per heavy atom. The molecule has 0 radical (unpaired) electrons. The molecular formula is C15H23N3O. The van der Waals surface area contributed by atoms with Gasteiger partial charge in [0.15, 0.2) is 0 Å². The molecule has 0 aliphatic carbocycles. The zero-order valence-corrected chi connectivity index (χ0v) is 11.8. The number of nitrogens with two attached hydrogens (primary N) is 1. The largest absolute Gasteiger partial charge is 0.399 e. The molecule has 19 heavy (non-hydrogen) atoms. The van der Waals surface area contributed by atoms with Crippen LogP contribution < -0.4 is 11.1 Å². The maximum absolute atomic E-state index is 12.0. The molecule has 3 N–H and O–H groups in total. The highest BCUT2D eigenvalue weighted by molar-refractivity contribution is 5.81. The van der Waals surface area contributed by atoms with Crippen molar-refractivity contribution >= 4 is 11.6 Å². The van der Waals surface area contributed by atoms with Gasteiger partial charge < -0.3 is 11.1 Å². The standard InChI is InChI=1S/C15H23N3O/c1-3-7-17-15(19)11(2)18-8-6-12-4-5-14(16)9-13(12)10-18/h4-5,9,11H,3,6-8,10,16H2,1-2H3,(H,17,19). The Bertz CT molecular complexity index is 459. The second kappa shape index (κ2) is 6.06. The molecule has 0 saturated heterocycles. The van der Waals surface area contributed by atoms with E-state index < -0.39 is 0 Å². The lowest BCUT2D eigenvalue weighted by molar-refractivity contribution is -0.126. The number of carbonyl (C=O) groups is 1. The van der Waals surface area contributed by atoms with Crippen molar-refractivity contribution in [2.45, 2.75) is 39.3 Å². The third kappa shape index (κ3) is 3.26. The minimum absolute atomic E-state index is 0.0823. The van der Waals surface area contributed by atoms with Gasteiger partial charge in [0, 0.05) is 25.3 Å². The fourth-order valence-corrected chi connectivity index (χ4v) is 2.49. The molecule has 0 bridgehead atoms. The third-order valence-corrected chi connectivity index (χ3v) is 3.75. The van der Waals surface area contributed by atoms with Gasteiger partial charge in [-0.25, -0.2) is 0 Å². The zero-order chi connectivity index (χ0) is 13.8. The van der Waals surface area contributed by atoms with Gasteiger partial charge in [-0.05, 0) is 43.0 Å². The van der Waals surface area contributed by atoms with Crippen molar-refractivity contribution in [3.63, 3.8) is 0 Å². The molecule has 4 nitrogen and oxygen atoms in total. The predicted molar refractivity (Wildman–Crippen MR) is 77.7 cm³/mol. The van der Waals surface area contributed by atoms with Crippen molar-refractivity contribution < 1.29 is 4.79 Å². The Balaban J connectivity index is 2.02. The summed E-state index contributed by atoms with van der Waals surface area (Å²) in [6, 6.07) is 5.99. The summed E-state index contributed by atoms with van der Waals surface area (Å²) in [6.45, 7) is 6.52. The van der Waals surface area contributed by atoms with Crippen LogP contribution >= 0.6 is 0 Å². The lowest BCUT2D eigenvalue weighted by Gasteiger charge is -2.33. The molecule has 4 heteroatoms. The van der Waals surface area contributed by atoms with Crippen molar-refractivity contribution in [1.82, 2.24) is 10.2 Å². The molecule has 0 fully saturated rings. The first-order chi connectivity index (χ1) is 9.11. The second-order valence-electron chi connectivity index (χ2n) is 5.22. The number of rotatable bonds is 4. The Labute approximate surface area is 115 Å². The molecule has 1 aliphatic heterocycles. The van der Waals surface area contributed by atoms with E-state index in [-0.39, 0.29) is 11.9 Å². The first-order valence-electron chi connectivity index (χ1n) is 7.01. The van der Waals surface area contributed by atoms with E-state index >= 15 is 0 Å². The normalized spacial score (nSPS) is 16.7. The highest BCUT2D eigenvalue weighted by Gasteiger charge is 2.24. The Hall–Kier alpha value is -1.55. The number of nitrogens with zero attached hydrogens (tertiary/aromatic N) is 1. The highest BCUT2D eigenvalue weighted by atomic mass is 16.2. The molecule has 1 aliphatic rings. The molecule has 0 aromatic heterocycles. The number of hydrogen-bond donors (Lipinski definition) is 2. The first-order valence-corrected chi connectivity index (χ1v) is 7.01. The summed E-state index contributed by atoms with van der Waals surface area (Å²) in [5, 5.41) is 2.96. The van der Waals surface area contributed by atoms with E-state index in [0.717, 1.165) is 38.2 Å². The van der Waals surface area contributed by atoms with Crippen LogP contribution in [-0.2, 0) is 17.8 Å². The second-order valence-corrected chi connectivity index (χ2v) is 5.22. The number of benzene rings is 1. The van der Waals surface area contributed by atoms with Crippen LogP contribution in [0.3, 0.4) is 0 Å². The van der Waals surface area contributed by atoms with E-state index in [1.54, 1.807) is 0 Å². The number of fused-ring (bicyclic) bond motifs is 1. The van der Waals surface area contributed by atoms with Crippen LogP contribution in [0.25, 0.3) is 0 Å². The van der Waals surface area contributed by atoms with Crippen molar-refractivity contribution in [2.75, 3.05) is 18.8 Å². The molecule has 104 valence electrons. The van der Waals surface area contributed by atoms with Gasteiger partial charge in [-0.3, -0.25) is 9.69 Å². The van der Waals surface area contributed by atoms with Crippen molar-refractivity contribution in [2.24, 2.45) is 0 Å². The molecule has 1 unspecified atom stereocenters. The summed E-state index contributed by atoms with van der Waals surface area (Å²) in [4.78, 5) is 14.2. The van der Waals surface area contributed by atoms with Gasteiger partial charge in [0.2, 0.25) is 5.91 Å². The number of hydrogen-bond acceptors (Lipinski definition) is 3. The van der Waals surface area contributed by atoms with Gasteiger partial charge in [-0.1, -0.05) is 13.0 Å². The maximum atomic E-state index is 12.0. The van der Waals surface area contributed by atoms with Crippen molar-refractivity contribution in [3.05, 3.63) is 29.3 Å². The summed E-state index contributed by atoms with van der Waals surface area (Å²) in [5.74, 6) is 0.120. The van der Waals surface area contributed by atoms with Crippen LogP contribution in [-0.4, -0.2) is 29.9 Å². The third-order valence-electron chi connectivity index (χ3n) is 3.75. The fraction of sp³-hybridized carbons (Fsp3) is 0.533. The summed E-state index contributed by atoms with van der Waals surface area (Å²) >= 11 is 0. The molecule has 1 aromatic rings. The van der Waals surface area contributed by atoms with Crippen LogP contribution in [0.15, 0.2) is 18.2 Å². The number of amides is 1. The van der Waals surface area contributed by atoms with Crippen molar-refractivity contribution in [3.8, 4) is 0 Å². The van der Waals surface area contributed by atoms with Crippen LogP contribution in [0.2, 0.25) is 0 Å². The van der Waals surface area contributed by atoms with Gasteiger partial charge in [0.05, 0.1) is 6.04 Å². The summed E-state index contributed by atoms with van der Waals surface area (Å²) in [6.07, 6.45) is 1.96. The van der Waals surface area contributed by atoms with Crippen LogP contribution in [0.4, 0.5) is 5.69 Å². The molecule has 1 atom stereocenters. The van der Waals surface area contributed by atoms with Gasteiger partial charge in [0.25, 0.3) is 0 Å². The van der Waals surface area contributed by atoms with E-state index in [4.69, 9.17) is 5.73 Å². The van der Waals surface area contributed by atoms with Gasteiger partial charge in [-0.15, -0.1) is 0 Å². The summed E-state index contributed by atoms with van der Waals surface area (Å²) in [5.41, 5.74) is 9.23. The lowest BCUT2D eigenvalue weighted by atomic mass is 9.98. The number of anilines is 1. The van der Waals surface area contributed by atoms with E-state index in [0.29, 0.717) is 0 Å². The lowest BCUT2D eigenvalue weighted by Crippen LogP contribution is -2.47. The molecule has 1 amide bonds. The number of nitrogens with one attached hydrogen (secondary N) is 1. The van der Waals surface area contributed by atoms with E-state index in [9.17, 15) is 4.79 Å². The monoisotopic (exact) mass is 261 g/mol. The average Bonchev–Trinajstić information content (AvgIpc) is 2.43. The van der Waals surface area contributed by atoms with Crippen LogP contribution in [0.1, 0.15) is 31.4 Å². The van der Waals surface area contributed by atoms with Crippen LogP contribution in [0.5, 0.6) is 0 Å². The highest BCUT2D eigenvalue weighted by Crippen LogP contribution is 2.22. The van der Waals surface area contributed by atoms with Crippen LogP contribution in [0, 0.1) is 0 Å². The minimum atomic E-state index is -0.0823. The summed E-state index contributed by atoms with van der Waals surface area (Å²) in [7, 11) is 0. The van der Waals surface area contributed by atoms with E-state index in [1.807, 2.05) is 19.1 Å². The molecule has 0 saturated carbocycles. The Kier molecular flexibility index (Phi) is 4.43. The Morgan fingerprint density at radius 3 is 3.00 bits per heavy atom. The minimum Gasteiger partial charge on any atom is -0.399 e. The molecule has 2 rings (SSSR count). The molecule has 0 spiro atoms. The first kappa shape index (κ1) is 13.9. The SMILES string of the molecule is CCCNC(=O)C(C)N1CCc2ccc(N)cc2C1. The quantitative estimate of drug-likeness (QED) is 0.808. The number of carbonyl (C=O) groups excluding carboxylic acids is 1. The van der Waals surface area contributed by atoms with Crippen molar-refractivity contribution in [1.29, 1.82) is 0 Å². The summed E-state index contributed by atoms with van der Waals surface area (Å²) < 4.78 is 0.